The van der Waals surface area contributed by atoms with Gasteiger partial charge < -0.3 is 4.42 Å². The molecule has 4 aromatic rings. The molecule has 0 N–H and O–H groups in total. The predicted octanol–water partition coefficient (Wildman–Crippen LogP) is 5.04. The van der Waals surface area contributed by atoms with E-state index in [4.69, 9.17) is 4.42 Å². The Morgan fingerprint density at radius 2 is 1.83 bits per heavy atom. The molecule has 0 radical (unpaired) electrons. The molecule has 29 heavy (non-hydrogen) atoms. The van der Waals surface area contributed by atoms with Crippen LogP contribution < -0.4 is 5.56 Å². The van der Waals surface area contributed by atoms with E-state index in [0.29, 0.717) is 5.69 Å². The van der Waals surface area contributed by atoms with Gasteiger partial charge in [0.25, 0.3) is 5.56 Å². The maximum atomic E-state index is 12.7. The molecule has 1 aliphatic rings. The molecule has 0 aliphatic heterocycles. The molecule has 3 aromatic heterocycles. The largest absolute Gasteiger partial charge is 0.461 e. The lowest BCUT2D eigenvalue weighted by Crippen LogP contribution is -2.16. The lowest BCUT2D eigenvalue weighted by Gasteiger charge is -2.07. The minimum Gasteiger partial charge on any atom is -0.461 e. The fourth-order valence-corrected chi connectivity index (χ4v) is 3.98. The van der Waals surface area contributed by atoms with Crippen LogP contribution in [0.1, 0.15) is 36.3 Å². The SMILES string of the molecule is Cc1ccc(-c2ccn(-c3ccc4c5c(oc4c3)CCCCC5)c(=O)c2)nn1.Cl. The van der Waals surface area contributed by atoms with Gasteiger partial charge in [0.15, 0.2) is 0 Å². The summed E-state index contributed by atoms with van der Waals surface area (Å²) < 4.78 is 7.78. The Labute approximate surface area is 174 Å². The maximum absolute atomic E-state index is 12.7. The van der Waals surface area contributed by atoms with E-state index < -0.39 is 0 Å². The number of hydrogen-bond donors (Lipinski definition) is 0. The van der Waals surface area contributed by atoms with Crippen molar-refractivity contribution in [1.29, 1.82) is 0 Å². The highest BCUT2D eigenvalue weighted by molar-refractivity contribution is 5.85. The zero-order valence-corrected chi connectivity index (χ0v) is 17.0. The Morgan fingerprint density at radius 3 is 2.62 bits per heavy atom. The van der Waals surface area contributed by atoms with E-state index in [1.807, 2.05) is 37.3 Å². The van der Waals surface area contributed by atoms with Crippen molar-refractivity contribution in [2.75, 3.05) is 0 Å². The molecule has 3 heterocycles. The molecule has 5 nitrogen and oxygen atoms in total. The first-order valence-electron chi connectivity index (χ1n) is 9.77. The van der Waals surface area contributed by atoms with Crippen LogP contribution in [0.25, 0.3) is 27.9 Å². The van der Waals surface area contributed by atoms with Crippen molar-refractivity contribution in [3.05, 3.63) is 76.0 Å². The Morgan fingerprint density at radius 1 is 0.966 bits per heavy atom. The number of halogens is 1. The summed E-state index contributed by atoms with van der Waals surface area (Å²) in [5.74, 6) is 1.12. The molecule has 0 unspecified atom stereocenters. The predicted molar refractivity (Wildman–Crippen MR) is 116 cm³/mol. The molecule has 1 aliphatic carbocycles. The highest BCUT2D eigenvalue weighted by Crippen LogP contribution is 2.32. The van der Waals surface area contributed by atoms with Gasteiger partial charge in [-0.25, -0.2) is 0 Å². The summed E-state index contributed by atoms with van der Waals surface area (Å²) in [7, 11) is 0. The van der Waals surface area contributed by atoms with Crippen LogP contribution in [0.3, 0.4) is 0 Å². The van der Waals surface area contributed by atoms with Crippen molar-refractivity contribution in [2.45, 2.75) is 39.0 Å². The van der Waals surface area contributed by atoms with Gasteiger partial charge in [-0.1, -0.05) is 6.42 Å². The number of aryl methyl sites for hydroxylation is 3. The van der Waals surface area contributed by atoms with Crippen LogP contribution >= 0.6 is 12.4 Å². The van der Waals surface area contributed by atoms with Crippen LogP contribution in [0.15, 0.2) is 57.9 Å². The Bertz CT molecular complexity index is 1230. The van der Waals surface area contributed by atoms with Crippen molar-refractivity contribution >= 4 is 23.4 Å². The Kier molecular flexibility index (Phi) is 5.24. The topological polar surface area (TPSA) is 60.9 Å². The minimum atomic E-state index is -0.104. The van der Waals surface area contributed by atoms with Gasteiger partial charge in [-0.05, 0) is 56.5 Å². The first-order valence-corrected chi connectivity index (χ1v) is 9.77. The summed E-state index contributed by atoms with van der Waals surface area (Å²) in [5, 5.41) is 9.41. The van der Waals surface area contributed by atoms with E-state index in [2.05, 4.69) is 16.3 Å². The van der Waals surface area contributed by atoms with Gasteiger partial charge in [-0.2, -0.15) is 10.2 Å². The third-order valence-electron chi connectivity index (χ3n) is 5.48. The average Bonchev–Trinajstić information content (AvgIpc) is 2.88. The summed E-state index contributed by atoms with van der Waals surface area (Å²) in [6.45, 7) is 1.89. The second-order valence-corrected chi connectivity index (χ2v) is 7.43. The molecule has 148 valence electrons. The number of nitrogens with zero attached hydrogens (tertiary/aromatic N) is 3. The number of fused-ring (bicyclic) bond motifs is 3. The van der Waals surface area contributed by atoms with E-state index in [-0.39, 0.29) is 18.0 Å². The van der Waals surface area contributed by atoms with E-state index in [1.165, 1.54) is 30.2 Å². The van der Waals surface area contributed by atoms with Crippen LogP contribution in [0.5, 0.6) is 0 Å². The fourth-order valence-electron chi connectivity index (χ4n) is 3.98. The highest BCUT2D eigenvalue weighted by atomic mass is 35.5. The molecule has 0 spiro atoms. The highest BCUT2D eigenvalue weighted by Gasteiger charge is 2.17. The number of furan rings is 1. The standard InChI is InChI=1S/C23H21N3O2.ClH/c1-15-7-10-20(25-24-15)16-11-12-26(23(27)13-16)17-8-9-19-18-5-3-2-4-6-21(18)28-22(19)14-17;/h7-14H,2-6H2,1H3;1H. The molecular weight excluding hydrogens is 386 g/mol. The van der Waals surface area contributed by atoms with E-state index in [0.717, 1.165) is 41.1 Å². The average molecular weight is 408 g/mol. The van der Waals surface area contributed by atoms with Crippen LogP contribution in [-0.2, 0) is 12.8 Å². The van der Waals surface area contributed by atoms with Crippen LogP contribution in [0, 0.1) is 6.92 Å². The second kappa shape index (κ2) is 7.84. The van der Waals surface area contributed by atoms with Crippen molar-refractivity contribution in [3.8, 4) is 16.9 Å². The smallest absolute Gasteiger partial charge is 0.255 e. The van der Waals surface area contributed by atoms with Gasteiger partial charge in [0.2, 0.25) is 0 Å². The quantitative estimate of drug-likeness (QED) is 0.437. The van der Waals surface area contributed by atoms with Gasteiger partial charge in [0.05, 0.1) is 17.1 Å². The molecule has 0 amide bonds. The minimum absolute atomic E-state index is 0. The van der Waals surface area contributed by atoms with Gasteiger partial charge in [0, 0.05) is 41.3 Å². The number of aromatic nitrogens is 3. The number of benzene rings is 1. The van der Waals surface area contributed by atoms with Crippen LogP contribution in [0.2, 0.25) is 0 Å². The first-order chi connectivity index (χ1) is 13.7. The third kappa shape index (κ3) is 3.58. The van der Waals surface area contributed by atoms with Crippen LogP contribution in [-0.4, -0.2) is 14.8 Å². The molecular formula is C23H22ClN3O2. The summed E-state index contributed by atoms with van der Waals surface area (Å²) in [4.78, 5) is 12.7. The van der Waals surface area contributed by atoms with E-state index in [9.17, 15) is 4.79 Å². The van der Waals surface area contributed by atoms with Crippen molar-refractivity contribution in [1.82, 2.24) is 14.8 Å². The maximum Gasteiger partial charge on any atom is 0.255 e. The summed E-state index contributed by atoms with van der Waals surface area (Å²) in [6, 6.07) is 13.3. The normalized spacial score (nSPS) is 13.6. The molecule has 0 atom stereocenters. The van der Waals surface area contributed by atoms with Gasteiger partial charge in [-0.15, -0.1) is 12.4 Å². The lowest BCUT2D eigenvalue weighted by atomic mass is 10.1. The zero-order chi connectivity index (χ0) is 19.1. The summed E-state index contributed by atoms with van der Waals surface area (Å²) in [6.07, 6.45) is 7.53. The fraction of sp³-hybridized carbons (Fsp3) is 0.261. The van der Waals surface area contributed by atoms with Crippen LogP contribution in [0.4, 0.5) is 0 Å². The molecule has 5 rings (SSSR count). The Balaban J connectivity index is 0.00000205. The molecule has 0 fully saturated rings. The summed E-state index contributed by atoms with van der Waals surface area (Å²) >= 11 is 0. The first kappa shape index (κ1) is 19.4. The molecule has 0 saturated carbocycles. The third-order valence-corrected chi connectivity index (χ3v) is 5.48. The van der Waals surface area contributed by atoms with Crippen molar-refractivity contribution in [2.24, 2.45) is 0 Å². The Hall–Kier alpha value is -2.92. The van der Waals surface area contributed by atoms with E-state index >= 15 is 0 Å². The molecule has 1 aromatic carbocycles. The number of pyridine rings is 1. The second-order valence-electron chi connectivity index (χ2n) is 7.43. The van der Waals surface area contributed by atoms with Crippen molar-refractivity contribution < 1.29 is 4.42 Å². The van der Waals surface area contributed by atoms with Gasteiger partial charge in [-0.3, -0.25) is 9.36 Å². The summed E-state index contributed by atoms with van der Waals surface area (Å²) in [5.41, 5.74) is 5.22. The molecule has 0 bridgehead atoms. The van der Waals surface area contributed by atoms with Gasteiger partial charge in [0.1, 0.15) is 11.3 Å². The van der Waals surface area contributed by atoms with Gasteiger partial charge >= 0.3 is 0 Å². The van der Waals surface area contributed by atoms with E-state index in [1.54, 1.807) is 16.8 Å². The lowest BCUT2D eigenvalue weighted by molar-refractivity contribution is 0.538. The number of hydrogen-bond acceptors (Lipinski definition) is 4. The monoisotopic (exact) mass is 407 g/mol. The molecule has 6 heteroatoms. The molecule has 0 saturated heterocycles. The zero-order valence-electron chi connectivity index (χ0n) is 16.2. The van der Waals surface area contributed by atoms with Crippen molar-refractivity contribution in [3.63, 3.8) is 0 Å². The number of rotatable bonds is 2.